The summed E-state index contributed by atoms with van der Waals surface area (Å²) in [5.41, 5.74) is 8.04. The lowest BCUT2D eigenvalue weighted by Crippen LogP contribution is -1.92. The number of aryl methyl sites for hydroxylation is 2. The van der Waals surface area contributed by atoms with Crippen molar-refractivity contribution in [1.82, 2.24) is 9.78 Å². The van der Waals surface area contributed by atoms with Gasteiger partial charge in [0.15, 0.2) is 5.82 Å². The molecule has 0 radical (unpaired) electrons. The lowest BCUT2D eigenvalue weighted by Gasteiger charge is -1.96. The minimum Gasteiger partial charge on any atom is -0.382 e. The van der Waals surface area contributed by atoms with Crippen molar-refractivity contribution in [3.8, 4) is 0 Å². The lowest BCUT2D eigenvalue weighted by atomic mass is 10.1. The number of anilines is 1. The van der Waals surface area contributed by atoms with Crippen LogP contribution in [0.5, 0.6) is 0 Å². The Morgan fingerprint density at radius 1 is 1.42 bits per heavy atom. The Balaban J connectivity index is 2.99. The lowest BCUT2D eigenvalue weighted by molar-refractivity contribution is 0.800. The number of hydrogen-bond donors (Lipinski definition) is 1. The molecule has 0 saturated carbocycles. The van der Waals surface area contributed by atoms with Crippen LogP contribution in [0.1, 0.15) is 5.56 Å². The molecule has 1 heterocycles. The SMILES string of the molecule is Cc1cccc2c(N)nn(C)c12. The van der Waals surface area contributed by atoms with Crippen LogP contribution < -0.4 is 5.73 Å². The Morgan fingerprint density at radius 3 is 2.83 bits per heavy atom. The molecule has 0 spiro atoms. The Bertz CT molecular complexity index is 429. The van der Waals surface area contributed by atoms with Gasteiger partial charge in [0.25, 0.3) is 0 Å². The molecule has 2 rings (SSSR count). The van der Waals surface area contributed by atoms with E-state index in [0.29, 0.717) is 5.82 Å². The van der Waals surface area contributed by atoms with Gasteiger partial charge in [0.2, 0.25) is 0 Å². The molecule has 0 aliphatic carbocycles. The van der Waals surface area contributed by atoms with Crippen molar-refractivity contribution < 1.29 is 0 Å². The van der Waals surface area contributed by atoms with E-state index in [1.54, 1.807) is 0 Å². The third kappa shape index (κ3) is 0.794. The molecule has 0 bridgehead atoms. The smallest absolute Gasteiger partial charge is 0.153 e. The quantitative estimate of drug-likeness (QED) is 0.635. The van der Waals surface area contributed by atoms with Crippen LogP contribution in [0.4, 0.5) is 5.82 Å². The van der Waals surface area contributed by atoms with Gasteiger partial charge in [-0.25, -0.2) is 0 Å². The summed E-state index contributed by atoms with van der Waals surface area (Å²) in [6, 6.07) is 6.05. The number of benzene rings is 1. The van der Waals surface area contributed by atoms with Crippen molar-refractivity contribution in [2.24, 2.45) is 7.05 Å². The van der Waals surface area contributed by atoms with E-state index >= 15 is 0 Å². The second-order valence-corrected chi connectivity index (χ2v) is 2.98. The third-order valence-electron chi connectivity index (χ3n) is 2.10. The number of rotatable bonds is 0. The van der Waals surface area contributed by atoms with Crippen LogP contribution in [-0.2, 0) is 7.05 Å². The fourth-order valence-corrected chi connectivity index (χ4v) is 1.56. The summed E-state index contributed by atoms with van der Waals surface area (Å²) in [7, 11) is 1.91. The van der Waals surface area contributed by atoms with Gasteiger partial charge in [-0.2, -0.15) is 5.10 Å². The summed E-state index contributed by atoms with van der Waals surface area (Å²) in [6.45, 7) is 2.06. The molecule has 0 unspecified atom stereocenters. The molecule has 0 fully saturated rings. The molecule has 0 saturated heterocycles. The predicted molar refractivity (Wildman–Crippen MR) is 49.9 cm³/mol. The minimum absolute atomic E-state index is 0.608. The second-order valence-electron chi connectivity index (χ2n) is 2.98. The Hall–Kier alpha value is -1.51. The van der Waals surface area contributed by atoms with Crippen molar-refractivity contribution in [3.05, 3.63) is 23.8 Å². The van der Waals surface area contributed by atoms with Gasteiger partial charge in [-0.15, -0.1) is 0 Å². The maximum absolute atomic E-state index is 5.71. The van der Waals surface area contributed by atoms with Crippen LogP contribution in [0.15, 0.2) is 18.2 Å². The largest absolute Gasteiger partial charge is 0.382 e. The first kappa shape index (κ1) is 7.16. The molecular weight excluding hydrogens is 150 g/mol. The summed E-state index contributed by atoms with van der Waals surface area (Å²) in [5.74, 6) is 0.608. The zero-order valence-electron chi connectivity index (χ0n) is 7.20. The fourth-order valence-electron chi connectivity index (χ4n) is 1.56. The summed E-state index contributed by atoms with van der Waals surface area (Å²) in [5, 5.41) is 5.18. The Morgan fingerprint density at radius 2 is 2.17 bits per heavy atom. The van der Waals surface area contributed by atoms with Gasteiger partial charge in [0.05, 0.1) is 5.52 Å². The van der Waals surface area contributed by atoms with Gasteiger partial charge in [-0.05, 0) is 18.6 Å². The van der Waals surface area contributed by atoms with Crippen LogP contribution in [0.3, 0.4) is 0 Å². The molecular formula is C9H11N3. The molecule has 0 atom stereocenters. The Labute approximate surface area is 70.8 Å². The zero-order chi connectivity index (χ0) is 8.72. The highest BCUT2D eigenvalue weighted by Gasteiger charge is 2.05. The van der Waals surface area contributed by atoms with Crippen LogP contribution in [0, 0.1) is 6.92 Å². The van der Waals surface area contributed by atoms with E-state index in [4.69, 9.17) is 5.73 Å². The van der Waals surface area contributed by atoms with Crippen LogP contribution in [-0.4, -0.2) is 9.78 Å². The molecule has 0 aliphatic rings. The van der Waals surface area contributed by atoms with Crippen molar-refractivity contribution in [2.45, 2.75) is 6.92 Å². The van der Waals surface area contributed by atoms with Crippen molar-refractivity contribution in [3.63, 3.8) is 0 Å². The van der Waals surface area contributed by atoms with E-state index in [0.717, 1.165) is 10.9 Å². The first-order valence-corrected chi connectivity index (χ1v) is 3.88. The van der Waals surface area contributed by atoms with Crippen molar-refractivity contribution in [1.29, 1.82) is 0 Å². The summed E-state index contributed by atoms with van der Waals surface area (Å²) >= 11 is 0. The van der Waals surface area contributed by atoms with Gasteiger partial charge in [-0.3, -0.25) is 4.68 Å². The topological polar surface area (TPSA) is 43.8 Å². The molecule has 3 heteroatoms. The molecule has 0 aliphatic heterocycles. The number of fused-ring (bicyclic) bond motifs is 1. The molecule has 1 aromatic heterocycles. The van der Waals surface area contributed by atoms with Gasteiger partial charge >= 0.3 is 0 Å². The normalized spacial score (nSPS) is 10.8. The molecule has 62 valence electrons. The number of nitrogen functional groups attached to an aromatic ring is 1. The van der Waals surface area contributed by atoms with Crippen LogP contribution in [0.2, 0.25) is 0 Å². The number of nitrogens with two attached hydrogens (primary N) is 1. The number of nitrogens with zero attached hydrogens (tertiary/aromatic N) is 2. The molecule has 2 aromatic rings. The van der Waals surface area contributed by atoms with E-state index in [2.05, 4.69) is 18.1 Å². The van der Waals surface area contributed by atoms with Crippen LogP contribution >= 0.6 is 0 Å². The van der Waals surface area contributed by atoms with Gasteiger partial charge < -0.3 is 5.73 Å². The number of hydrogen-bond acceptors (Lipinski definition) is 2. The predicted octanol–water partition coefficient (Wildman–Crippen LogP) is 1.46. The minimum atomic E-state index is 0.608. The van der Waals surface area contributed by atoms with E-state index in [1.165, 1.54) is 5.56 Å². The molecule has 2 N–H and O–H groups in total. The Kier molecular flexibility index (Phi) is 1.33. The first-order chi connectivity index (χ1) is 5.70. The molecule has 0 amide bonds. The maximum Gasteiger partial charge on any atom is 0.153 e. The third-order valence-corrected chi connectivity index (χ3v) is 2.10. The maximum atomic E-state index is 5.71. The van der Waals surface area contributed by atoms with Gasteiger partial charge in [0, 0.05) is 12.4 Å². The van der Waals surface area contributed by atoms with E-state index < -0.39 is 0 Å². The first-order valence-electron chi connectivity index (χ1n) is 3.88. The zero-order valence-corrected chi connectivity index (χ0v) is 7.20. The van der Waals surface area contributed by atoms with Gasteiger partial charge in [0.1, 0.15) is 0 Å². The number of aromatic nitrogens is 2. The average molecular weight is 161 g/mol. The summed E-state index contributed by atoms with van der Waals surface area (Å²) in [6.07, 6.45) is 0. The highest BCUT2D eigenvalue weighted by atomic mass is 15.3. The van der Waals surface area contributed by atoms with E-state index in [9.17, 15) is 0 Å². The monoisotopic (exact) mass is 161 g/mol. The van der Waals surface area contributed by atoms with Crippen LogP contribution in [0.25, 0.3) is 10.9 Å². The van der Waals surface area contributed by atoms with Crippen molar-refractivity contribution >= 4 is 16.7 Å². The van der Waals surface area contributed by atoms with Gasteiger partial charge in [-0.1, -0.05) is 12.1 Å². The summed E-state index contributed by atoms with van der Waals surface area (Å²) in [4.78, 5) is 0. The number of para-hydroxylation sites is 1. The standard InChI is InChI=1S/C9H11N3/c1-6-4-3-5-7-8(6)12(2)11-9(7)10/h3-5H,1-2H3,(H2,10,11). The molecule has 1 aromatic carbocycles. The fraction of sp³-hybridized carbons (Fsp3) is 0.222. The highest BCUT2D eigenvalue weighted by molar-refractivity contribution is 5.91. The summed E-state index contributed by atoms with van der Waals surface area (Å²) < 4.78 is 1.82. The average Bonchev–Trinajstić information content (AvgIpc) is 2.29. The molecule has 3 nitrogen and oxygen atoms in total. The highest BCUT2D eigenvalue weighted by Crippen LogP contribution is 2.21. The van der Waals surface area contributed by atoms with E-state index in [-0.39, 0.29) is 0 Å². The van der Waals surface area contributed by atoms with Crippen molar-refractivity contribution in [2.75, 3.05) is 5.73 Å². The van der Waals surface area contributed by atoms with E-state index in [1.807, 2.05) is 23.9 Å². The molecule has 12 heavy (non-hydrogen) atoms. The second kappa shape index (κ2) is 2.24.